The molecule has 114 valence electrons. The lowest BCUT2D eigenvalue weighted by atomic mass is 9.88. The van der Waals surface area contributed by atoms with Crippen molar-refractivity contribution in [3.63, 3.8) is 0 Å². The van der Waals surface area contributed by atoms with Gasteiger partial charge in [0.25, 0.3) is 0 Å². The van der Waals surface area contributed by atoms with Crippen LogP contribution in [0.3, 0.4) is 0 Å². The highest BCUT2D eigenvalue weighted by molar-refractivity contribution is 5.29. The van der Waals surface area contributed by atoms with Gasteiger partial charge >= 0.3 is 0 Å². The number of rotatable bonds is 7. The Kier molecular flexibility index (Phi) is 6.75. The zero-order valence-electron chi connectivity index (χ0n) is 14.3. The molecule has 20 heavy (non-hydrogen) atoms. The van der Waals surface area contributed by atoms with E-state index in [0.717, 1.165) is 12.5 Å². The molecule has 1 heteroatoms. The lowest BCUT2D eigenvalue weighted by molar-refractivity contribution is 0.389. The highest BCUT2D eigenvalue weighted by atomic mass is 14.9. The highest BCUT2D eigenvalue weighted by Gasteiger charge is 2.17. The summed E-state index contributed by atoms with van der Waals surface area (Å²) in [4.78, 5) is 0. The average molecular weight is 275 g/mol. The van der Waals surface area contributed by atoms with Crippen molar-refractivity contribution >= 4 is 0 Å². The molecule has 0 saturated carbocycles. The Morgan fingerprint density at radius 3 is 2.25 bits per heavy atom. The van der Waals surface area contributed by atoms with Crippen molar-refractivity contribution in [3.8, 4) is 0 Å². The van der Waals surface area contributed by atoms with Gasteiger partial charge in [-0.25, -0.2) is 0 Å². The summed E-state index contributed by atoms with van der Waals surface area (Å²) in [6.07, 6.45) is 3.94. The van der Waals surface area contributed by atoms with E-state index in [2.05, 4.69) is 71.1 Å². The molecule has 0 spiro atoms. The van der Waals surface area contributed by atoms with Gasteiger partial charge in [0.2, 0.25) is 0 Å². The molecule has 1 aromatic carbocycles. The Balaban J connectivity index is 2.71. The van der Waals surface area contributed by atoms with Gasteiger partial charge in [-0.2, -0.15) is 0 Å². The smallest absolute Gasteiger partial charge is 0.00967 e. The predicted molar refractivity (Wildman–Crippen MR) is 90.4 cm³/mol. The SMILES string of the molecule is Cc1ccccc1C(CCCC(C)C)CNC(C)(C)C. The second-order valence-electron chi connectivity index (χ2n) is 7.51. The van der Waals surface area contributed by atoms with Crippen molar-refractivity contribution in [1.29, 1.82) is 0 Å². The fourth-order valence-corrected chi connectivity index (χ4v) is 2.61. The summed E-state index contributed by atoms with van der Waals surface area (Å²) in [6.45, 7) is 14.7. The Bertz CT molecular complexity index is 387. The molecule has 0 saturated heterocycles. The van der Waals surface area contributed by atoms with Crippen molar-refractivity contribution in [2.45, 2.75) is 72.3 Å². The number of aryl methyl sites for hydroxylation is 1. The van der Waals surface area contributed by atoms with Gasteiger partial charge in [-0.15, -0.1) is 0 Å². The molecule has 1 N–H and O–H groups in total. The van der Waals surface area contributed by atoms with Crippen molar-refractivity contribution in [2.75, 3.05) is 6.54 Å². The van der Waals surface area contributed by atoms with Crippen molar-refractivity contribution < 1.29 is 0 Å². The van der Waals surface area contributed by atoms with Crippen molar-refractivity contribution in [2.24, 2.45) is 5.92 Å². The maximum Gasteiger partial charge on any atom is 0.00967 e. The minimum atomic E-state index is 0.193. The van der Waals surface area contributed by atoms with Gasteiger partial charge in [-0.1, -0.05) is 51.0 Å². The molecule has 0 fully saturated rings. The van der Waals surface area contributed by atoms with Crippen LogP contribution in [0.4, 0.5) is 0 Å². The summed E-state index contributed by atoms with van der Waals surface area (Å²) in [7, 11) is 0. The fraction of sp³-hybridized carbons (Fsp3) is 0.684. The zero-order chi connectivity index (χ0) is 15.2. The number of benzene rings is 1. The van der Waals surface area contributed by atoms with Gasteiger partial charge in [-0.3, -0.25) is 0 Å². The number of hydrogen-bond donors (Lipinski definition) is 1. The molecule has 0 heterocycles. The lowest BCUT2D eigenvalue weighted by Crippen LogP contribution is -2.38. The van der Waals surface area contributed by atoms with E-state index in [1.54, 1.807) is 0 Å². The van der Waals surface area contributed by atoms with Crippen LogP contribution in [0.1, 0.15) is 70.9 Å². The topological polar surface area (TPSA) is 12.0 Å². The number of hydrogen-bond acceptors (Lipinski definition) is 1. The molecule has 1 aromatic rings. The summed E-state index contributed by atoms with van der Waals surface area (Å²) >= 11 is 0. The molecule has 0 aromatic heterocycles. The van der Waals surface area contributed by atoms with Crippen LogP contribution >= 0.6 is 0 Å². The first kappa shape index (κ1) is 17.2. The molecule has 0 radical (unpaired) electrons. The van der Waals surface area contributed by atoms with E-state index in [-0.39, 0.29) is 5.54 Å². The van der Waals surface area contributed by atoms with Crippen LogP contribution in [0.2, 0.25) is 0 Å². The third-order valence-corrected chi connectivity index (χ3v) is 3.84. The van der Waals surface area contributed by atoms with Crippen molar-refractivity contribution in [3.05, 3.63) is 35.4 Å². The average Bonchev–Trinajstić information content (AvgIpc) is 2.33. The van der Waals surface area contributed by atoms with Gasteiger partial charge in [0.05, 0.1) is 0 Å². The minimum absolute atomic E-state index is 0.193. The first-order chi connectivity index (χ1) is 9.29. The van der Waals surface area contributed by atoms with E-state index in [0.29, 0.717) is 5.92 Å². The van der Waals surface area contributed by atoms with Gasteiger partial charge < -0.3 is 5.32 Å². The normalized spacial score (nSPS) is 13.8. The van der Waals surface area contributed by atoms with E-state index in [9.17, 15) is 0 Å². The van der Waals surface area contributed by atoms with Crippen LogP contribution in [-0.4, -0.2) is 12.1 Å². The molecular weight excluding hydrogens is 242 g/mol. The van der Waals surface area contributed by atoms with Gasteiger partial charge in [0.15, 0.2) is 0 Å². The minimum Gasteiger partial charge on any atom is -0.311 e. The molecule has 1 rings (SSSR count). The van der Waals surface area contributed by atoms with Crippen LogP contribution in [0.15, 0.2) is 24.3 Å². The molecular formula is C19H33N. The van der Waals surface area contributed by atoms with Gasteiger partial charge in [0, 0.05) is 12.1 Å². The van der Waals surface area contributed by atoms with E-state index in [1.807, 2.05) is 0 Å². The maximum atomic E-state index is 3.69. The molecule has 0 amide bonds. The van der Waals surface area contributed by atoms with Crippen LogP contribution < -0.4 is 5.32 Å². The number of nitrogens with one attached hydrogen (secondary N) is 1. The molecule has 1 nitrogen and oxygen atoms in total. The standard InChI is InChI=1S/C19H33N/c1-15(2)10-9-12-17(14-20-19(4,5)6)18-13-8-7-11-16(18)3/h7-8,11,13,15,17,20H,9-10,12,14H2,1-6H3. The fourth-order valence-electron chi connectivity index (χ4n) is 2.61. The Morgan fingerprint density at radius 2 is 1.70 bits per heavy atom. The van der Waals surface area contributed by atoms with E-state index in [4.69, 9.17) is 0 Å². The third-order valence-electron chi connectivity index (χ3n) is 3.84. The van der Waals surface area contributed by atoms with E-state index < -0.39 is 0 Å². The summed E-state index contributed by atoms with van der Waals surface area (Å²) in [5, 5.41) is 3.69. The van der Waals surface area contributed by atoms with Crippen LogP contribution in [-0.2, 0) is 0 Å². The second-order valence-corrected chi connectivity index (χ2v) is 7.51. The zero-order valence-corrected chi connectivity index (χ0v) is 14.3. The molecule has 0 aliphatic rings. The van der Waals surface area contributed by atoms with Crippen LogP contribution in [0.25, 0.3) is 0 Å². The summed E-state index contributed by atoms with van der Waals surface area (Å²) in [5.74, 6) is 1.44. The van der Waals surface area contributed by atoms with Crippen LogP contribution in [0, 0.1) is 12.8 Å². The van der Waals surface area contributed by atoms with E-state index in [1.165, 1.54) is 30.4 Å². The molecule has 1 atom stereocenters. The first-order valence-electron chi connectivity index (χ1n) is 8.10. The predicted octanol–water partition coefficient (Wildman–Crippen LogP) is 5.29. The highest BCUT2D eigenvalue weighted by Crippen LogP contribution is 2.26. The van der Waals surface area contributed by atoms with E-state index >= 15 is 0 Å². The van der Waals surface area contributed by atoms with Crippen LogP contribution in [0.5, 0.6) is 0 Å². The maximum absolute atomic E-state index is 3.69. The Hall–Kier alpha value is -0.820. The third kappa shape index (κ3) is 6.56. The van der Waals surface area contributed by atoms with Gasteiger partial charge in [0.1, 0.15) is 0 Å². The summed E-state index contributed by atoms with van der Waals surface area (Å²) in [5.41, 5.74) is 3.14. The van der Waals surface area contributed by atoms with Gasteiger partial charge in [-0.05, 0) is 57.1 Å². The molecule has 0 aliphatic heterocycles. The molecule has 0 aliphatic carbocycles. The summed E-state index contributed by atoms with van der Waals surface area (Å²) < 4.78 is 0. The lowest BCUT2D eigenvalue weighted by Gasteiger charge is -2.27. The Labute approximate surface area is 126 Å². The molecule has 1 unspecified atom stereocenters. The largest absolute Gasteiger partial charge is 0.311 e. The summed E-state index contributed by atoms with van der Waals surface area (Å²) in [6, 6.07) is 8.86. The second kappa shape index (κ2) is 7.83. The molecule has 0 bridgehead atoms. The Morgan fingerprint density at radius 1 is 1.05 bits per heavy atom. The first-order valence-corrected chi connectivity index (χ1v) is 8.10. The van der Waals surface area contributed by atoms with Crippen molar-refractivity contribution in [1.82, 2.24) is 5.32 Å². The monoisotopic (exact) mass is 275 g/mol. The quantitative estimate of drug-likeness (QED) is 0.712.